The van der Waals surface area contributed by atoms with E-state index in [2.05, 4.69) is 10.1 Å². The number of hydrogen-bond donors (Lipinski definition) is 0. The van der Waals surface area contributed by atoms with Crippen molar-refractivity contribution >= 4 is 34.5 Å². The molecule has 90 valence electrons. The van der Waals surface area contributed by atoms with Gasteiger partial charge in [0, 0.05) is 0 Å². The average Bonchev–Trinajstić information content (AvgIpc) is 3.01. The molecule has 3 nitrogen and oxygen atoms in total. The van der Waals surface area contributed by atoms with Gasteiger partial charge in [-0.15, -0.1) is 11.3 Å². The third-order valence-corrected chi connectivity index (χ3v) is 4.03. The number of hydrogen-bond acceptors (Lipinski definition) is 4. The Bertz CT molecular complexity index is 679. The fourth-order valence-electron chi connectivity index (χ4n) is 1.51. The number of halogens is 2. The molecule has 0 atom stereocenters. The Morgan fingerprint density at radius 1 is 1.11 bits per heavy atom. The van der Waals surface area contributed by atoms with Gasteiger partial charge in [0.2, 0.25) is 5.82 Å². The summed E-state index contributed by atoms with van der Waals surface area (Å²) in [5.41, 5.74) is 0.638. The molecular formula is C12H6Cl2N2OS. The van der Waals surface area contributed by atoms with Crippen LogP contribution in [0.2, 0.25) is 10.0 Å². The Kier molecular flexibility index (Phi) is 3.07. The number of aromatic nitrogens is 2. The van der Waals surface area contributed by atoms with Crippen molar-refractivity contribution in [2.24, 2.45) is 0 Å². The van der Waals surface area contributed by atoms with E-state index in [1.165, 1.54) is 0 Å². The standard InChI is InChI=1S/C12H6Cl2N2OS/c13-8-4-1-3-7(10(8)14)12-15-11(16-17-12)9-5-2-6-18-9/h1-6H. The second-order valence-electron chi connectivity index (χ2n) is 3.50. The summed E-state index contributed by atoms with van der Waals surface area (Å²) in [5.74, 6) is 0.918. The molecule has 0 spiro atoms. The lowest BCUT2D eigenvalue weighted by atomic mass is 10.2. The van der Waals surface area contributed by atoms with Gasteiger partial charge in [-0.2, -0.15) is 4.98 Å². The number of thiophene rings is 1. The minimum Gasteiger partial charge on any atom is -0.334 e. The van der Waals surface area contributed by atoms with E-state index in [1.807, 2.05) is 17.5 Å². The van der Waals surface area contributed by atoms with Crippen LogP contribution in [0.3, 0.4) is 0 Å². The van der Waals surface area contributed by atoms with E-state index in [4.69, 9.17) is 27.7 Å². The molecule has 0 aliphatic rings. The molecular weight excluding hydrogens is 291 g/mol. The Balaban J connectivity index is 2.06. The second-order valence-corrected chi connectivity index (χ2v) is 5.23. The zero-order valence-electron chi connectivity index (χ0n) is 8.93. The van der Waals surface area contributed by atoms with Crippen LogP contribution in [0.15, 0.2) is 40.2 Å². The smallest absolute Gasteiger partial charge is 0.259 e. The molecule has 0 saturated heterocycles. The third kappa shape index (κ3) is 2.03. The Hall–Kier alpha value is -1.36. The molecule has 2 aromatic heterocycles. The van der Waals surface area contributed by atoms with Crippen LogP contribution in [0.4, 0.5) is 0 Å². The van der Waals surface area contributed by atoms with Gasteiger partial charge < -0.3 is 4.52 Å². The topological polar surface area (TPSA) is 38.9 Å². The summed E-state index contributed by atoms with van der Waals surface area (Å²) in [6.45, 7) is 0. The molecule has 2 heterocycles. The molecule has 3 rings (SSSR count). The minimum atomic E-state index is 0.367. The highest BCUT2D eigenvalue weighted by molar-refractivity contribution is 7.13. The van der Waals surface area contributed by atoms with Gasteiger partial charge in [-0.1, -0.05) is 40.5 Å². The summed E-state index contributed by atoms with van der Waals surface area (Å²) in [4.78, 5) is 5.26. The van der Waals surface area contributed by atoms with E-state index >= 15 is 0 Å². The van der Waals surface area contributed by atoms with Gasteiger partial charge in [-0.3, -0.25) is 0 Å². The van der Waals surface area contributed by atoms with E-state index in [9.17, 15) is 0 Å². The summed E-state index contributed by atoms with van der Waals surface area (Å²) in [7, 11) is 0. The van der Waals surface area contributed by atoms with Crippen molar-refractivity contribution in [2.45, 2.75) is 0 Å². The Labute approximate surface area is 117 Å². The van der Waals surface area contributed by atoms with E-state index in [-0.39, 0.29) is 0 Å². The van der Waals surface area contributed by atoms with Crippen molar-refractivity contribution in [3.05, 3.63) is 45.8 Å². The molecule has 3 aromatic rings. The SMILES string of the molecule is Clc1cccc(-c2nc(-c3cccs3)no2)c1Cl. The fourth-order valence-corrected chi connectivity index (χ4v) is 2.54. The zero-order chi connectivity index (χ0) is 12.5. The first-order valence-electron chi connectivity index (χ1n) is 5.07. The van der Waals surface area contributed by atoms with Gasteiger partial charge >= 0.3 is 0 Å². The fraction of sp³-hybridized carbons (Fsp3) is 0. The highest BCUT2D eigenvalue weighted by Gasteiger charge is 2.15. The van der Waals surface area contributed by atoms with Crippen LogP contribution in [-0.4, -0.2) is 10.1 Å². The van der Waals surface area contributed by atoms with Gasteiger partial charge in [-0.25, -0.2) is 0 Å². The van der Waals surface area contributed by atoms with Gasteiger partial charge in [0.25, 0.3) is 5.89 Å². The molecule has 0 amide bonds. The van der Waals surface area contributed by atoms with Crippen LogP contribution in [0.1, 0.15) is 0 Å². The maximum absolute atomic E-state index is 6.10. The summed E-state index contributed by atoms with van der Waals surface area (Å²) < 4.78 is 5.21. The molecule has 0 saturated carbocycles. The largest absolute Gasteiger partial charge is 0.334 e. The van der Waals surface area contributed by atoms with Gasteiger partial charge in [0.15, 0.2) is 0 Å². The average molecular weight is 297 g/mol. The lowest BCUT2D eigenvalue weighted by Crippen LogP contribution is -1.81. The van der Waals surface area contributed by atoms with Crippen molar-refractivity contribution in [1.82, 2.24) is 10.1 Å². The zero-order valence-corrected chi connectivity index (χ0v) is 11.3. The van der Waals surface area contributed by atoms with Crippen molar-refractivity contribution in [2.75, 3.05) is 0 Å². The van der Waals surface area contributed by atoms with Crippen molar-refractivity contribution in [3.8, 4) is 22.2 Å². The quantitative estimate of drug-likeness (QED) is 0.683. The van der Waals surface area contributed by atoms with Gasteiger partial charge in [-0.05, 0) is 23.6 Å². The monoisotopic (exact) mass is 296 g/mol. The van der Waals surface area contributed by atoms with Crippen LogP contribution in [0.25, 0.3) is 22.2 Å². The number of benzene rings is 1. The Morgan fingerprint density at radius 2 is 2.00 bits per heavy atom. The third-order valence-electron chi connectivity index (χ3n) is 2.35. The lowest BCUT2D eigenvalue weighted by molar-refractivity contribution is 0.432. The molecule has 0 fully saturated rings. The predicted octanol–water partition coefficient (Wildman–Crippen LogP) is 4.77. The van der Waals surface area contributed by atoms with E-state index in [1.54, 1.807) is 29.5 Å². The number of nitrogens with zero attached hydrogens (tertiary/aromatic N) is 2. The van der Waals surface area contributed by atoms with Crippen molar-refractivity contribution < 1.29 is 4.52 Å². The first kappa shape index (κ1) is 11.7. The first-order chi connectivity index (χ1) is 8.75. The van der Waals surface area contributed by atoms with Gasteiger partial charge in [0.05, 0.1) is 20.5 Å². The van der Waals surface area contributed by atoms with E-state index < -0.39 is 0 Å². The van der Waals surface area contributed by atoms with Gasteiger partial charge in [0.1, 0.15) is 0 Å². The summed E-state index contributed by atoms with van der Waals surface area (Å²) in [6, 6.07) is 9.16. The van der Waals surface area contributed by atoms with E-state index in [0.717, 1.165) is 4.88 Å². The molecule has 0 aliphatic carbocycles. The summed E-state index contributed by atoms with van der Waals surface area (Å²) >= 11 is 13.6. The summed E-state index contributed by atoms with van der Waals surface area (Å²) in [5, 5.41) is 6.76. The van der Waals surface area contributed by atoms with Crippen LogP contribution >= 0.6 is 34.5 Å². The predicted molar refractivity (Wildman–Crippen MR) is 73.1 cm³/mol. The molecule has 0 unspecified atom stereocenters. The first-order valence-corrected chi connectivity index (χ1v) is 6.71. The molecule has 6 heteroatoms. The molecule has 0 radical (unpaired) electrons. The van der Waals surface area contributed by atoms with E-state index in [0.29, 0.717) is 27.3 Å². The molecule has 0 aliphatic heterocycles. The maximum Gasteiger partial charge on any atom is 0.259 e. The van der Waals surface area contributed by atoms with Crippen LogP contribution in [-0.2, 0) is 0 Å². The lowest BCUT2D eigenvalue weighted by Gasteiger charge is -1.99. The highest BCUT2D eigenvalue weighted by Crippen LogP contribution is 2.33. The molecule has 18 heavy (non-hydrogen) atoms. The van der Waals surface area contributed by atoms with Crippen LogP contribution in [0, 0.1) is 0 Å². The second kappa shape index (κ2) is 4.72. The number of rotatable bonds is 2. The Morgan fingerprint density at radius 3 is 2.78 bits per heavy atom. The minimum absolute atomic E-state index is 0.367. The van der Waals surface area contributed by atoms with Crippen molar-refractivity contribution in [1.29, 1.82) is 0 Å². The van der Waals surface area contributed by atoms with Crippen LogP contribution in [0.5, 0.6) is 0 Å². The highest BCUT2D eigenvalue weighted by atomic mass is 35.5. The van der Waals surface area contributed by atoms with Crippen LogP contribution < -0.4 is 0 Å². The molecule has 1 aromatic carbocycles. The maximum atomic E-state index is 6.10. The van der Waals surface area contributed by atoms with Crippen molar-refractivity contribution in [3.63, 3.8) is 0 Å². The molecule has 0 bridgehead atoms. The normalized spacial score (nSPS) is 10.8. The summed E-state index contributed by atoms with van der Waals surface area (Å²) in [6.07, 6.45) is 0. The molecule has 0 N–H and O–H groups in total.